The number of para-hydroxylation sites is 1. The van der Waals surface area contributed by atoms with Crippen molar-refractivity contribution in [3.63, 3.8) is 0 Å². The first-order valence-corrected chi connectivity index (χ1v) is 10.1. The van der Waals surface area contributed by atoms with Crippen LogP contribution in [0.3, 0.4) is 0 Å². The Labute approximate surface area is 167 Å². The van der Waals surface area contributed by atoms with Gasteiger partial charge in [-0.05, 0) is 37.1 Å². The standard InChI is InChI=1S/C19H21N3O3S2/c23-17(13-27-19(26)22-9-3-4-10-22)21-16-8-2-1-7-15(16)18(24)20-12-14-6-5-11-25-14/h1-2,5-8,11H,3-4,9-10,12-13H2,(H,20,24)(H,21,23). The molecular formula is C19H21N3O3S2. The maximum Gasteiger partial charge on any atom is 0.253 e. The predicted octanol–water partition coefficient (Wildman–Crippen LogP) is 3.26. The lowest BCUT2D eigenvalue weighted by atomic mass is 10.1. The molecule has 0 spiro atoms. The summed E-state index contributed by atoms with van der Waals surface area (Å²) in [4.78, 5) is 26.9. The molecular weight excluding hydrogens is 382 g/mol. The van der Waals surface area contributed by atoms with Crippen LogP contribution < -0.4 is 10.6 Å². The van der Waals surface area contributed by atoms with Crippen LogP contribution in [0.2, 0.25) is 0 Å². The molecule has 2 amide bonds. The summed E-state index contributed by atoms with van der Waals surface area (Å²) in [5.74, 6) is 0.421. The summed E-state index contributed by atoms with van der Waals surface area (Å²) >= 11 is 6.73. The first-order chi connectivity index (χ1) is 13.1. The molecule has 2 heterocycles. The molecule has 1 aromatic heterocycles. The minimum Gasteiger partial charge on any atom is -0.467 e. The van der Waals surface area contributed by atoms with E-state index in [0.717, 1.165) is 30.3 Å². The van der Waals surface area contributed by atoms with Gasteiger partial charge in [0.05, 0.1) is 29.8 Å². The molecule has 2 aromatic rings. The zero-order valence-corrected chi connectivity index (χ0v) is 16.4. The highest BCUT2D eigenvalue weighted by molar-refractivity contribution is 8.23. The summed E-state index contributed by atoms with van der Waals surface area (Å²) in [5.41, 5.74) is 0.886. The van der Waals surface area contributed by atoms with E-state index in [1.54, 1.807) is 42.7 Å². The lowest BCUT2D eigenvalue weighted by Gasteiger charge is -2.17. The maximum atomic E-state index is 12.4. The number of amides is 2. The second kappa shape index (κ2) is 9.57. The fourth-order valence-electron chi connectivity index (χ4n) is 2.77. The van der Waals surface area contributed by atoms with E-state index < -0.39 is 0 Å². The van der Waals surface area contributed by atoms with Gasteiger partial charge in [-0.25, -0.2) is 0 Å². The molecule has 0 radical (unpaired) electrons. The van der Waals surface area contributed by atoms with Crippen LogP contribution in [0.15, 0.2) is 47.1 Å². The first-order valence-electron chi connectivity index (χ1n) is 8.74. The van der Waals surface area contributed by atoms with Gasteiger partial charge in [0, 0.05) is 13.1 Å². The molecule has 0 atom stereocenters. The fraction of sp³-hybridized carbons (Fsp3) is 0.316. The third-order valence-electron chi connectivity index (χ3n) is 4.14. The lowest BCUT2D eigenvalue weighted by molar-refractivity contribution is -0.113. The van der Waals surface area contributed by atoms with E-state index in [1.165, 1.54) is 11.8 Å². The number of hydrogen-bond donors (Lipinski definition) is 2. The molecule has 3 rings (SSSR count). The van der Waals surface area contributed by atoms with Crippen LogP contribution in [0.25, 0.3) is 0 Å². The monoisotopic (exact) mass is 403 g/mol. The minimum atomic E-state index is -0.275. The number of hydrogen-bond acceptors (Lipinski definition) is 5. The van der Waals surface area contributed by atoms with Crippen molar-refractivity contribution in [2.24, 2.45) is 0 Å². The molecule has 0 aliphatic carbocycles. The van der Waals surface area contributed by atoms with Crippen molar-refractivity contribution in [1.82, 2.24) is 10.2 Å². The van der Waals surface area contributed by atoms with Gasteiger partial charge < -0.3 is 20.0 Å². The van der Waals surface area contributed by atoms with Crippen molar-refractivity contribution >= 4 is 45.8 Å². The summed E-state index contributed by atoms with van der Waals surface area (Å²) in [5, 5.41) is 5.59. The van der Waals surface area contributed by atoms with Crippen LogP contribution in [0, 0.1) is 0 Å². The Balaban J connectivity index is 1.53. The summed E-state index contributed by atoms with van der Waals surface area (Å²) < 4.78 is 5.96. The van der Waals surface area contributed by atoms with Gasteiger partial charge in [0.1, 0.15) is 10.1 Å². The minimum absolute atomic E-state index is 0.187. The molecule has 1 fully saturated rings. The number of nitrogens with one attached hydrogen (secondary N) is 2. The van der Waals surface area contributed by atoms with E-state index in [1.807, 2.05) is 0 Å². The fourth-order valence-corrected chi connectivity index (χ4v) is 3.82. The third-order valence-corrected chi connectivity index (χ3v) is 5.66. The lowest BCUT2D eigenvalue weighted by Crippen LogP contribution is -2.26. The van der Waals surface area contributed by atoms with E-state index in [9.17, 15) is 9.59 Å². The van der Waals surface area contributed by atoms with Gasteiger partial charge in [-0.1, -0.05) is 36.1 Å². The number of benzene rings is 1. The molecule has 2 N–H and O–H groups in total. The van der Waals surface area contributed by atoms with E-state index >= 15 is 0 Å². The van der Waals surface area contributed by atoms with E-state index in [0.29, 0.717) is 17.0 Å². The largest absolute Gasteiger partial charge is 0.467 e. The maximum absolute atomic E-state index is 12.4. The normalized spacial score (nSPS) is 13.4. The second-order valence-electron chi connectivity index (χ2n) is 6.10. The number of carbonyl (C=O) groups is 2. The zero-order valence-electron chi connectivity index (χ0n) is 14.8. The molecule has 8 heteroatoms. The Bertz CT molecular complexity index is 802. The molecule has 142 valence electrons. The van der Waals surface area contributed by atoms with Gasteiger partial charge in [-0.15, -0.1) is 0 Å². The average Bonchev–Trinajstić information content (AvgIpc) is 3.38. The number of nitrogens with zero attached hydrogens (tertiary/aromatic N) is 1. The van der Waals surface area contributed by atoms with Gasteiger partial charge in [0.25, 0.3) is 5.91 Å². The number of furan rings is 1. The molecule has 1 saturated heterocycles. The van der Waals surface area contributed by atoms with Crippen LogP contribution in [0.5, 0.6) is 0 Å². The van der Waals surface area contributed by atoms with Gasteiger partial charge in [0.15, 0.2) is 0 Å². The quantitative estimate of drug-likeness (QED) is 0.721. The SMILES string of the molecule is O=C(CSC(=S)N1CCCC1)Nc1ccccc1C(=O)NCc1ccco1. The molecule has 0 unspecified atom stereocenters. The molecule has 0 saturated carbocycles. The average molecular weight is 404 g/mol. The second-order valence-corrected chi connectivity index (χ2v) is 7.71. The van der Waals surface area contributed by atoms with Crippen molar-refractivity contribution in [2.75, 3.05) is 24.2 Å². The topological polar surface area (TPSA) is 74.6 Å². The van der Waals surface area contributed by atoms with Gasteiger partial charge in [-0.2, -0.15) is 0 Å². The van der Waals surface area contributed by atoms with Crippen molar-refractivity contribution < 1.29 is 14.0 Å². The highest BCUT2D eigenvalue weighted by Gasteiger charge is 2.17. The summed E-state index contributed by atoms with van der Waals surface area (Å²) in [6, 6.07) is 10.5. The van der Waals surface area contributed by atoms with Crippen molar-refractivity contribution in [3.05, 3.63) is 54.0 Å². The van der Waals surface area contributed by atoms with Gasteiger partial charge >= 0.3 is 0 Å². The zero-order chi connectivity index (χ0) is 19.1. The van der Waals surface area contributed by atoms with Crippen molar-refractivity contribution in [1.29, 1.82) is 0 Å². The van der Waals surface area contributed by atoms with E-state index in [4.69, 9.17) is 16.6 Å². The number of likely N-dealkylation sites (tertiary alicyclic amines) is 1. The van der Waals surface area contributed by atoms with E-state index in [2.05, 4.69) is 15.5 Å². The summed E-state index contributed by atoms with van der Waals surface area (Å²) in [6.07, 6.45) is 3.85. The predicted molar refractivity (Wildman–Crippen MR) is 111 cm³/mol. The Morgan fingerprint density at radius 1 is 1.15 bits per heavy atom. The summed E-state index contributed by atoms with van der Waals surface area (Å²) in [7, 11) is 0. The summed E-state index contributed by atoms with van der Waals surface area (Å²) in [6.45, 7) is 2.21. The number of thiocarbonyl (C=S) groups is 1. The molecule has 1 aliphatic heterocycles. The van der Waals surface area contributed by atoms with Crippen LogP contribution in [-0.2, 0) is 11.3 Å². The first kappa shape index (κ1) is 19.4. The van der Waals surface area contributed by atoms with Gasteiger partial charge in [0.2, 0.25) is 5.91 Å². The van der Waals surface area contributed by atoms with Crippen LogP contribution in [-0.4, -0.2) is 39.9 Å². The van der Waals surface area contributed by atoms with Crippen LogP contribution in [0.1, 0.15) is 29.0 Å². The highest BCUT2D eigenvalue weighted by atomic mass is 32.2. The van der Waals surface area contributed by atoms with Crippen LogP contribution >= 0.6 is 24.0 Å². The number of thioether (sulfide) groups is 1. The van der Waals surface area contributed by atoms with Crippen molar-refractivity contribution in [3.8, 4) is 0 Å². The van der Waals surface area contributed by atoms with Crippen molar-refractivity contribution in [2.45, 2.75) is 19.4 Å². The third kappa shape index (κ3) is 5.58. The number of anilines is 1. The molecule has 6 nitrogen and oxygen atoms in total. The number of carbonyl (C=O) groups excluding carboxylic acids is 2. The van der Waals surface area contributed by atoms with Crippen LogP contribution in [0.4, 0.5) is 5.69 Å². The highest BCUT2D eigenvalue weighted by Crippen LogP contribution is 2.18. The molecule has 0 bridgehead atoms. The Morgan fingerprint density at radius 3 is 2.67 bits per heavy atom. The molecule has 1 aliphatic rings. The Hall–Kier alpha value is -2.32. The Kier molecular flexibility index (Phi) is 6.89. The van der Waals surface area contributed by atoms with E-state index in [-0.39, 0.29) is 24.1 Å². The molecule has 1 aromatic carbocycles. The number of rotatable bonds is 6. The van der Waals surface area contributed by atoms with Gasteiger partial charge in [-0.3, -0.25) is 9.59 Å². The Morgan fingerprint density at radius 2 is 1.93 bits per heavy atom. The smallest absolute Gasteiger partial charge is 0.253 e. The molecule has 27 heavy (non-hydrogen) atoms.